The summed E-state index contributed by atoms with van der Waals surface area (Å²) in [5.74, 6) is -2.70. The number of amides is 1. The van der Waals surface area contributed by atoms with Crippen LogP contribution in [0.3, 0.4) is 0 Å². The van der Waals surface area contributed by atoms with Crippen molar-refractivity contribution in [2.24, 2.45) is 0 Å². The van der Waals surface area contributed by atoms with E-state index in [1.165, 1.54) is 6.08 Å². The number of benzene rings is 1. The monoisotopic (exact) mass is 489 g/mol. The van der Waals surface area contributed by atoms with Gasteiger partial charge in [-0.3, -0.25) is 14.5 Å². The fraction of sp³-hybridized carbons (Fsp3) is 0.227. The van der Waals surface area contributed by atoms with Gasteiger partial charge in [-0.05, 0) is 37.6 Å². The van der Waals surface area contributed by atoms with Gasteiger partial charge >= 0.3 is 17.9 Å². The lowest BCUT2D eigenvalue weighted by atomic mass is 10.1. The van der Waals surface area contributed by atoms with Crippen LogP contribution in [0.4, 0.5) is 0 Å². The van der Waals surface area contributed by atoms with Crippen LogP contribution in [0, 0.1) is 0 Å². The summed E-state index contributed by atoms with van der Waals surface area (Å²) in [6.07, 6.45) is 0.770. The molecule has 1 aliphatic rings. The number of hydrogen-bond acceptors (Lipinski definition) is 8. The fourth-order valence-corrected chi connectivity index (χ4v) is 4.41. The van der Waals surface area contributed by atoms with Crippen LogP contribution in [0.5, 0.6) is 0 Å². The van der Waals surface area contributed by atoms with Crippen molar-refractivity contribution in [3.8, 4) is 11.3 Å². The van der Waals surface area contributed by atoms with E-state index in [0.717, 1.165) is 16.7 Å². The Bertz CT molecular complexity index is 1140. The zero-order valence-corrected chi connectivity index (χ0v) is 19.0. The minimum atomic E-state index is -1.37. The largest absolute Gasteiger partial charge is 0.481 e. The molecule has 9 nitrogen and oxygen atoms in total. The van der Waals surface area contributed by atoms with Gasteiger partial charge in [-0.15, -0.1) is 0 Å². The molecule has 0 aliphatic carbocycles. The molecular formula is C22H19NO8S2. The first-order valence-electron chi connectivity index (χ1n) is 9.80. The van der Waals surface area contributed by atoms with Gasteiger partial charge in [0.25, 0.3) is 5.91 Å². The number of nitrogens with zero attached hydrogens (tertiary/aromatic N) is 1. The molecule has 0 spiro atoms. The second-order valence-corrected chi connectivity index (χ2v) is 8.51. The molecule has 1 aliphatic heterocycles. The molecule has 2 N–H and O–H groups in total. The highest BCUT2D eigenvalue weighted by molar-refractivity contribution is 8.26. The van der Waals surface area contributed by atoms with Crippen molar-refractivity contribution in [1.82, 2.24) is 4.90 Å². The fourth-order valence-electron chi connectivity index (χ4n) is 3.07. The third-order valence-electron chi connectivity index (χ3n) is 4.63. The molecule has 1 aromatic heterocycles. The molecule has 1 aromatic carbocycles. The smallest absolute Gasteiger partial charge is 0.338 e. The first-order valence-corrected chi connectivity index (χ1v) is 11.0. The van der Waals surface area contributed by atoms with Crippen LogP contribution < -0.4 is 0 Å². The number of carboxylic acids is 2. The zero-order chi connectivity index (χ0) is 24.1. The Balaban J connectivity index is 1.77. The normalized spacial score (nSPS) is 15.7. The minimum absolute atomic E-state index is 0.0328. The average Bonchev–Trinajstić information content (AvgIpc) is 3.34. The van der Waals surface area contributed by atoms with Gasteiger partial charge in [-0.2, -0.15) is 0 Å². The number of carbonyl (C=O) groups excluding carboxylic acids is 2. The van der Waals surface area contributed by atoms with Gasteiger partial charge in [0.15, 0.2) is 0 Å². The highest BCUT2D eigenvalue weighted by Gasteiger charge is 2.40. The summed E-state index contributed by atoms with van der Waals surface area (Å²) in [5, 5.41) is 18.3. The number of aliphatic carboxylic acids is 2. The molecule has 172 valence electrons. The van der Waals surface area contributed by atoms with Crippen LogP contribution in [0.1, 0.15) is 35.9 Å². The van der Waals surface area contributed by atoms with Gasteiger partial charge in [0, 0.05) is 18.1 Å². The Hall–Kier alpha value is -3.44. The molecule has 1 atom stereocenters. The molecule has 1 saturated heterocycles. The number of thioether (sulfide) groups is 1. The van der Waals surface area contributed by atoms with E-state index < -0.39 is 36.3 Å². The first-order chi connectivity index (χ1) is 15.7. The van der Waals surface area contributed by atoms with Gasteiger partial charge in [0.05, 0.1) is 17.1 Å². The third-order valence-corrected chi connectivity index (χ3v) is 5.96. The SMILES string of the molecule is CCOC(=O)c1ccc(-c2ccc(C=C3SC(=S)N(C(CCC(=O)O)C(=O)O)C3=O)o2)cc1. The Labute approximate surface area is 198 Å². The number of ether oxygens (including phenoxy) is 1. The lowest BCUT2D eigenvalue weighted by Gasteiger charge is -2.22. The van der Waals surface area contributed by atoms with E-state index >= 15 is 0 Å². The Morgan fingerprint density at radius 1 is 1.18 bits per heavy atom. The summed E-state index contributed by atoms with van der Waals surface area (Å²) in [6.45, 7) is 2.00. The van der Waals surface area contributed by atoms with Crippen LogP contribution in [0.15, 0.2) is 45.7 Å². The number of thiocarbonyl (C=S) groups is 1. The number of hydrogen-bond donors (Lipinski definition) is 2. The van der Waals surface area contributed by atoms with Crippen LogP contribution in [0.25, 0.3) is 17.4 Å². The zero-order valence-electron chi connectivity index (χ0n) is 17.3. The molecule has 0 radical (unpaired) electrons. The van der Waals surface area contributed by atoms with Gasteiger partial charge in [0.1, 0.15) is 21.9 Å². The molecule has 11 heteroatoms. The lowest BCUT2D eigenvalue weighted by Crippen LogP contribution is -2.44. The molecule has 33 heavy (non-hydrogen) atoms. The van der Waals surface area contributed by atoms with Crippen LogP contribution in [0.2, 0.25) is 0 Å². The van der Waals surface area contributed by atoms with Gasteiger partial charge in [-0.25, -0.2) is 9.59 Å². The quantitative estimate of drug-likeness (QED) is 0.305. The summed E-state index contributed by atoms with van der Waals surface area (Å²) in [4.78, 5) is 48.1. The number of carbonyl (C=O) groups is 4. The third kappa shape index (κ3) is 5.68. The van der Waals surface area contributed by atoms with Gasteiger partial charge < -0.3 is 19.4 Å². The summed E-state index contributed by atoms with van der Waals surface area (Å²) >= 11 is 6.09. The molecule has 1 unspecified atom stereocenters. The first kappa shape index (κ1) is 24.2. The Morgan fingerprint density at radius 2 is 1.88 bits per heavy atom. The van der Waals surface area contributed by atoms with Crippen molar-refractivity contribution in [2.75, 3.05) is 6.61 Å². The van der Waals surface area contributed by atoms with Gasteiger partial charge in [-0.1, -0.05) is 36.1 Å². The van der Waals surface area contributed by atoms with E-state index in [1.807, 2.05) is 0 Å². The van der Waals surface area contributed by atoms with E-state index in [4.69, 9.17) is 26.5 Å². The van der Waals surface area contributed by atoms with Gasteiger partial charge in [0.2, 0.25) is 0 Å². The van der Waals surface area contributed by atoms with Crippen molar-refractivity contribution < 1.29 is 38.5 Å². The van der Waals surface area contributed by atoms with E-state index in [9.17, 15) is 24.3 Å². The summed E-state index contributed by atoms with van der Waals surface area (Å²) in [7, 11) is 0. The van der Waals surface area contributed by atoms with Crippen LogP contribution in [-0.4, -0.2) is 55.9 Å². The van der Waals surface area contributed by atoms with Crippen LogP contribution in [-0.2, 0) is 19.1 Å². The standard InChI is InChI=1S/C22H19NO8S2/c1-2-30-21(29)13-5-3-12(4-6-13)16-9-7-14(31-16)11-17-19(26)23(22(32)33-17)15(20(27)28)8-10-18(24)25/h3-7,9,11,15H,2,8,10H2,1H3,(H,24,25)(H,27,28). The summed E-state index contributed by atoms with van der Waals surface area (Å²) in [6, 6.07) is 8.60. The number of esters is 1. The average molecular weight is 490 g/mol. The molecule has 2 heterocycles. The van der Waals surface area contributed by atoms with E-state index in [0.29, 0.717) is 22.6 Å². The maximum Gasteiger partial charge on any atom is 0.338 e. The molecule has 3 rings (SSSR count). The van der Waals surface area contributed by atoms with E-state index in [2.05, 4.69) is 0 Å². The molecule has 1 fully saturated rings. The highest BCUT2D eigenvalue weighted by atomic mass is 32.2. The van der Waals surface area contributed by atoms with Crippen molar-refractivity contribution in [3.63, 3.8) is 0 Å². The predicted octanol–water partition coefficient (Wildman–Crippen LogP) is 3.64. The maximum absolute atomic E-state index is 12.8. The summed E-state index contributed by atoms with van der Waals surface area (Å²) in [5.41, 5.74) is 1.11. The lowest BCUT2D eigenvalue weighted by molar-refractivity contribution is -0.146. The number of rotatable bonds is 9. The summed E-state index contributed by atoms with van der Waals surface area (Å²) < 4.78 is 10.8. The van der Waals surface area contributed by atoms with Crippen molar-refractivity contribution in [2.45, 2.75) is 25.8 Å². The predicted molar refractivity (Wildman–Crippen MR) is 123 cm³/mol. The molecule has 2 aromatic rings. The number of furan rings is 1. The topological polar surface area (TPSA) is 134 Å². The highest BCUT2D eigenvalue weighted by Crippen LogP contribution is 2.35. The second-order valence-electron chi connectivity index (χ2n) is 6.84. The minimum Gasteiger partial charge on any atom is -0.481 e. The second kappa shape index (κ2) is 10.5. The molecule has 1 amide bonds. The Morgan fingerprint density at radius 3 is 2.48 bits per heavy atom. The van der Waals surface area contributed by atoms with Crippen LogP contribution >= 0.6 is 24.0 Å². The van der Waals surface area contributed by atoms with E-state index in [1.54, 1.807) is 43.3 Å². The molecule has 0 bridgehead atoms. The van der Waals surface area contributed by atoms with Crippen molar-refractivity contribution in [1.29, 1.82) is 0 Å². The van der Waals surface area contributed by atoms with Crippen molar-refractivity contribution >= 4 is 58.2 Å². The Kier molecular flexibility index (Phi) is 7.67. The maximum atomic E-state index is 12.8. The van der Waals surface area contributed by atoms with E-state index in [-0.39, 0.29) is 22.3 Å². The molecular weight excluding hydrogens is 470 g/mol. The number of carboxylic acid groups (broad SMARTS) is 2. The molecule has 0 saturated carbocycles. The van der Waals surface area contributed by atoms with Crippen molar-refractivity contribution in [3.05, 3.63) is 52.6 Å².